The van der Waals surface area contributed by atoms with Gasteiger partial charge in [0.25, 0.3) is 11.4 Å². The number of non-ortho nitro benzene ring substituents is 1. The summed E-state index contributed by atoms with van der Waals surface area (Å²) in [5.74, 6) is -0.174. The maximum atomic E-state index is 12.3. The van der Waals surface area contributed by atoms with Gasteiger partial charge in [-0.3, -0.25) is 20.2 Å². The van der Waals surface area contributed by atoms with Crippen LogP contribution < -0.4 is 9.47 Å². The van der Waals surface area contributed by atoms with Gasteiger partial charge in [-0.05, 0) is 48.0 Å². The first-order chi connectivity index (χ1) is 15.3. The van der Waals surface area contributed by atoms with Crippen LogP contribution in [0.15, 0.2) is 60.7 Å². The second kappa shape index (κ2) is 9.71. The first kappa shape index (κ1) is 22.4. The molecular formula is C22H15ClN2O7. The van der Waals surface area contributed by atoms with E-state index in [0.29, 0.717) is 10.6 Å². The molecule has 0 amide bonds. The van der Waals surface area contributed by atoms with Gasteiger partial charge >= 0.3 is 5.97 Å². The van der Waals surface area contributed by atoms with Crippen LogP contribution in [0.5, 0.6) is 11.5 Å². The number of nitrogens with zero attached hydrogens (tertiary/aromatic N) is 2. The molecule has 10 heteroatoms. The number of nitro benzene ring substituents is 2. The van der Waals surface area contributed by atoms with E-state index in [1.165, 1.54) is 37.5 Å². The predicted molar refractivity (Wildman–Crippen MR) is 118 cm³/mol. The Morgan fingerprint density at radius 3 is 2.38 bits per heavy atom. The molecule has 3 rings (SSSR count). The number of esters is 1. The van der Waals surface area contributed by atoms with Gasteiger partial charge in [-0.25, -0.2) is 4.79 Å². The molecule has 0 saturated heterocycles. The van der Waals surface area contributed by atoms with Crippen LogP contribution in [0.3, 0.4) is 0 Å². The Morgan fingerprint density at radius 2 is 1.72 bits per heavy atom. The molecule has 0 spiro atoms. The number of hydrogen-bond donors (Lipinski definition) is 0. The molecule has 0 fully saturated rings. The SMILES string of the molecule is COc1cc(C=Cc2ccc([N+](=O)[O-])cc2[N+](=O)[O-])ccc1OC(=O)c1cccc(Cl)c1. The van der Waals surface area contributed by atoms with Gasteiger partial charge in [-0.1, -0.05) is 29.8 Å². The van der Waals surface area contributed by atoms with E-state index >= 15 is 0 Å². The standard InChI is InChI=1S/C22H15ClN2O7/c1-31-21-11-14(5-7-15-8-9-18(24(27)28)13-19(15)25(29)30)6-10-20(21)32-22(26)16-3-2-4-17(23)12-16/h2-13H,1H3. The van der Waals surface area contributed by atoms with E-state index in [0.717, 1.165) is 6.07 Å². The smallest absolute Gasteiger partial charge is 0.343 e. The molecule has 0 aliphatic carbocycles. The van der Waals surface area contributed by atoms with Gasteiger partial charge in [0.15, 0.2) is 11.5 Å². The van der Waals surface area contributed by atoms with Crippen molar-refractivity contribution in [1.29, 1.82) is 0 Å². The molecule has 0 aliphatic heterocycles. The largest absolute Gasteiger partial charge is 0.493 e. The maximum absolute atomic E-state index is 12.3. The fraction of sp³-hybridized carbons (Fsp3) is 0.0455. The molecule has 0 atom stereocenters. The third kappa shape index (κ3) is 5.27. The Hall–Kier alpha value is -4.24. The summed E-state index contributed by atoms with van der Waals surface area (Å²) in [6.07, 6.45) is 3.02. The average Bonchev–Trinajstić information content (AvgIpc) is 2.78. The average molecular weight is 455 g/mol. The minimum absolute atomic E-state index is 0.177. The van der Waals surface area contributed by atoms with Crippen LogP contribution in [0.4, 0.5) is 11.4 Å². The Labute approximate surface area is 186 Å². The minimum atomic E-state index is -0.700. The van der Waals surface area contributed by atoms with Crippen LogP contribution >= 0.6 is 11.6 Å². The fourth-order valence-electron chi connectivity index (χ4n) is 2.78. The normalized spacial score (nSPS) is 10.7. The van der Waals surface area contributed by atoms with Crippen LogP contribution in [0, 0.1) is 20.2 Å². The molecule has 0 bridgehead atoms. The number of ether oxygens (including phenoxy) is 2. The third-order valence-corrected chi connectivity index (χ3v) is 4.56. The van der Waals surface area contributed by atoms with Crippen molar-refractivity contribution in [2.24, 2.45) is 0 Å². The first-order valence-electron chi connectivity index (χ1n) is 9.05. The molecule has 0 aromatic heterocycles. The van der Waals surface area contributed by atoms with Crippen molar-refractivity contribution in [3.05, 3.63) is 103 Å². The molecule has 3 aromatic rings. The highest BCUT2D eigenvalue weighted by Gasteiger charge is 2.18. The molecule has 0 unspecified atom stereocenters. The molecule has 0 N–H and O–H groups in total. The van der Waals surface area contributed by atoms with Crippen molar-refractivity contribution in [3.8, 4) is 11.5 Å². The van der Waals surface area contributed by atoms with E-state index in [9.17, 15) is 25.0 Å². The van der Waals surface area contributed by atoms with E-state index in [2.05, 4.69) is 0 Å². The van der Waals surface area contributed by atoms with Crippen molar-refractivity contribution in [3.63, 3.8) is 0 Å². The number of carbonyl (C=O) groups excluding carboxylic acids is 1. The number of hydrogen-bond acceptors (Lipinski definition) is 7. The van der Waals surface area contributed by atoms with Gasteiger partial charge in [0, 0.05) is 11.1 Å². The van der Waals surface area contributed by atoms with Crippen LogP contribution in [0.1, 0.15) is 21.5 Å². The van der Waals surface area contributed by atoms with Crippen LogP contribution in [-0.2, 0) is 0 Å². The second-order valence-corrected chi connectivity index (χ2v) is 6.84. The predicted octanol–water partition coefficient (Wildman–Crippen LogP) is 5.55. The number of carbonyl (C=O) groups is 1. The zero-order valence-electron chi connectivity index (χ0n) is 16.6. The summed E-state index contributed by atoms with van der Waals surface area (Å²) in [6, 6.07) is 14.4. The van der Waals surface area contributed by atoms with Crippen molar-refractivity contribution in [1.82, 2.24) is 0 Å². The Kier molecular flexibility index (Phi) is 6.81. The maximum Gasteiger partial charge on any atom is 0.343 e. The van der Waals surface area contributed by atoms with Crippen molar-refractivity contribution >= 4 is 41.1 Å². The summed E-state index contributed by atoms with van der Waals surface area (Å²) in [5, 5.41) is 22.5. The Bertz CT molecular complexity index is 1240. The van der Waals surface area contributed by atoms with Crippen LogP contribution in [0.25, 0.3) is 12.2 Å². The zero-order valence-corrected chi connectivity index (χ0v) is 17.3. The van der Waals surface area contributed by atoms with Crippen LogP contribution in [-0.4, -0.2) is 22.9 Å². The molecule has 0 heterocycles. The highest BCUT2D eigenvalue weighted by molar-refractivity contribution is 6.30. The molecule has 0 aliphatic rings. The lowest BCUT2D eigenvalue weighted by Gasteiger charge is -2.10. The number of halogens is 1. The summed E-state index contributed by atoms with van der Waals surface area (Å²) in [4.78, 5) is 33.1. The minimum Gasteiger partial charge on any atom is -0.493 e. The summed E-state index contributed by atoms with van der Waals surface area (Å²) < 4.78 is 10.7. The Morgan fingerprint density at radius 1 is 0.938 bits per heavy atom. The number of rotatable bonds is 7. The number of nitro groups is 2. The second-order valence-electron chi connectivity index (χ2n) is 6.40. The summed E-state index contributed by atoms with van der Waals surface area (Å²) in [7, 11) is 1.40. The van der Waals surface area contributed by atoms with Gasteiger partial charge in [-0.2, -0.15) is 0 Å². The summed E-state index contributed by atoms with van der Waals surface area (Å²) >= 11 is 5.90. The fourth-order valence-corrected chi connectivity index (χ4v) is 2.97. The van der Waals surface area contributed by atoms with Crippen molar-refractivity contribution in [2.45, 2.75) is 0 Å². The lowest BCUT2D eigenvalue weighted by Crippen LogP contribution is -2.09. The van der Waals surface area contributed by atoms with Gasteiger partial charge in [0.1, 0.15) is 0 Å². The number of methoxy groups -OCH3 is 1. The summed E-state index contributed by atoms with van der Waals surface area (Å²) in [5.41, 5.74) is 0.290. The molecule has 0 radical (unpaired) electrons. The first-order valence-corrected chi connectivity index (χ1v) is 9.43. The van der Waals surface area contributed by atoms with Gasteiger partial charge in [0.2, 0.25) is 0 Å². The highest BCUT2D eigenvalue weighted by atomic mass is 35.5. The van der Waals surface area contributed by atoms with E-state index in [4.69, 9.17) is 21.1 Å². The van der Waals surface area contributed by atoms with E-state index in [-0.39, 0.29) is 28.3 Å². The number of benzene rings is 3. The van der Waals surface area contributed by atoms with Crippen molar-refractivity contribution < 1.29 is 24.1 Å². The van der Waals surface area contributed by atoms with Crippen molar-refractivity contribution in [2.75, 3.05) is 7.11 Å². The van der Waals surface area contributed by atoms with E-state index < -0.39 is 21.5 Å². The third-order valence-electron chi connectivity index (χ3n) is 4.33. The quantitative estimate of drug-likeness (QED) is 0.151. The van der Waals surface area contributed by atoms with Gasteiger partial charge in [0.05, 0.1) is 34.1 Å². The van der Waals surface area contributed by atoms with E-state index in [1.54, 1.807) is 36.4 Å². The molecule has 162 valence electrons. The topological polar surface area (TPSA) is 122 Å². The molecule has 0 saturated carbocycles. The monoisotopic (exact) mass is 454 g/mol. The van der Waals surface area contributed by atoms with E-state index in [1.807, 2.05) is 0 Å². The molecule has 9 nitrogen and oxygen atoms in total. The molecule has 3 aromatic carbocycles. The molecule has 32 heavy (non-hydrogen) atoms. The summed E-state index contributed by atoms with van der Waals surface area (Å²) in [6.45, 7) is 0. The lowest BCUT2D eigenvalue weighted by atomic mass is 10.1. The van der Waals surface area contributed by atoms with Gasteiger partial charge in [-0.15, -0.1) is 0 Å². The van der Waals surface area contributed by atoms with Crippen LogP contribution in [0.2, 0.25) is 5.02 Å². The highest BCUT2D eigenvalue weighted by Crippen LogP contribution is 2.31. The van der Waals surface area contributed by atoms with Gasteiger partial charge < -0.3 is 9.47 Å². The lowest BCUT2D eigenvalue weighted by molar-refractivity contribution is -0.394. The Balaban J connectivity index is 1.85. The molecular weight excluding hydrogens is 440 g/mol. The zero-order chi connectivity index (χ0) is 23.3.